The van der Waals surface area contributed by atoms with Crippen molar-refractivity contribution in [3.05, 3.63) is 57.3 Å². The van der Waals surface area contributed by atoms with Crippen molar-refractivity contribution >= 4 is 38.9 Å². The van der Waals surface area contributed by atoms with Crippen LogP contribution in [-0.2, 0) is 0 Å². The Labute approximate surface area is 117 Å². The summed E-state index contributed by atoms with van der Waals surface area (Å²) in [5, 5.41) is 12.2. The number of hydrogen-bond donors (Lipinski definition) is 1. The Morgan fingerprint density at radius 3 is 2.56 bits per heavy atom. The Morgan fingerprint density at radius 1 is 1.17 bits per heavy atom. The molecule has 0 aromatic heterocycles. The second-order valence-corrected chi connectivity index (χ2v) is 4.71. The zero-order chi connectivity index (χ0) is 13.1. The summed E-state index contributed by atoms with van der Waals surface area (Å²) in [7, 11) is 0. The number of hydrogen-bond acceptors (Lipinski definition) is 2. The fourth-order valence-corrected chi connectivity index (χ4v) is 2.06. The summed E-state index contributed by atoms with van der Waals surface area (Å²) in [6.45, 7) is 0. The summed E-state index contributed by atoms with van der Waals surface area (Å²) in [4.78, 5) is 0. The number of nitrogens with zero attached hydrogens (tertiary/aromatic N) is 1. The highest BCUT2D eigenvalue weighted by Gasteiger charge is 2.11. The third-order valence-electron chi connectivity index (χ3n) is 2.35. The summed E-state index contributed by atoms with van der Waals surface area (Å²) in [6.07, 6.45) is 0. The maximum Gasteiger partial charge on any atom is 0.162 e. The SMILES string of the molecule is N#Cc1ccc(Nc2ccccc2Cl)c(F)c1Br. The van der Waals surface area contributed by atoms with Crippen LogP contribution in [0.15, 0.2) is 40.9 Å². The molecule has 0 fully saturated rings. The van der Waals surface area contributed by atoms with Gasteiger partial charge in [0.25, 0.3) is 0 Å². The van der Waals surface area contributed by atoms with Crippen molar-refractivity contribution in [3.63, 3.8) is 0 Å². The van der Waals surface area contributed by atoms with Crippen molar-refractivity contribution in [2.24, 2.45) is 0 Å². The molecule has 0 saturated heterocycles. The highest BCUT2D eigenvalue weighted by atomic mass is 79.9. The molecule has 5 heteroatoms. The lowest BCUT2D eigenvalue weighted by Crippen LogP contribution is -1.96. The molecule has 0 aliphatic rings. The van der Waals surface area contributed by atoms with Gasteiger partial charge in [-0.1, -0.05) is 23.7 Å². The highest BCUT2D eigenvalue weighted by molar-refractivity contribution is 9.10. The average Bonchev–Trinajstić information content (AvgIpc) is 2.38. The van der Waals surface area contributed by atoms with Crippen molar-refractivity contribution in [1.29, 1.82) is 5.26 Å². The molecule has 0 heterocycles. The zero-order valence-electron chi connectivity index (χ0n) is 9.05. The minimum absolute atomic E-state index is 0.141. The second kappa shape index (κ2) is 5.38. The lowest BCUT2D eigenvalue weighted by Gasteiger charge is -2.10. The first-order chi connectivity index (χ1) is 8.63. The van der Waals surface area contributed by atoms with Crippen LogP contribution in [0.1, 0.15) is 5.56 Å². The van der Waals surface area contributed by atoms with Crippen LogP contribution in [0.5, 0.6) is 0 Å². The normalized spacial score (nSPS) is 9.89. The van der Waals surface area contributed by atoms with Crippen LogP contribution in [0.2, 0.25) is 5.02 Å². The summed E-state index contributed by atoms with van der Waals surface area (Å²) in [5.41, 5.74) is 1.11. The second-order valence-electron chi connectivity index (χ2n) is 3.51. The Bertz CT molecular complexity index is 637. The van der Waals surface area contributed by atoms with Crippen LogP contribution in [-0.4, -0.2) is 0 Å². The van der Waals surface area contributed by atoms with Crippen molar-refractivity contribution in [3.8, 4) is 6.07 Å². The molecule has 2 aromatic rings. The van der Waals surface area contributed by atoms with Crippen LogP contribution in [0.3, 0.4) is 0 Å². The van der Waals surface area contributed by atoms with E-state index in [4.69, 9.17) is 16.9 Å². The van der Waals surface area contributed by atoms with E-state index < -0.39 is 5.82 Å². The molecule has 0 bridgehead atoms. The van der Waals surface area contributed by atoms with Gasteiger partial charge in [-0.05, 0) is 40.2 Å². The molecular formula is C13H7BrClFN2. The van der Waals surface area contributed by atoms with Crippen LogP contribution in [0.4, 0.5) is 15.8 Å². The topological polar surface area (TPSA) is 35.8 Å². The predicted molar refractivity (Wildman–Crippen MR) is 73.5 cm³/mol. The lowest BCUT2D eigenvalue weighted by molar-refractivity contribution is 0.624. The van der Waals surface area contributed by atoms with Gasteiger partial charge in [-0.2, -0.15) is 5.26 Å². The van der Waals surface area contributed by atoms with E-state index in [1.807, 2.05) is 6.07 Å². The van der Waals surface area contributed by atoms with Crippen molar-refractivity contribution in [2.75, 3.05) is 5.32 Å². The standard InChI is InChI=1S/C13H7BrClFN2/c14-12-8(7-17)5-6-11(13(12)16)18-10-4-2-1-3-9(10)15/h1-6,18H. The third-order valence-corrected chi connectivity index (χ3v) is 3.45. The van der Waals surface area contributed by atoms with Gasteiger partial charge in [-0.3, -0.25) is 0 Å². The minimum atomic E-state index is -0.519. The third kappa shape index (κ3) is 2.47. The Morgan fingerprint density at radius 2 is 1.89 bits per heavy atom. The molecule has 2 nitrogen and oxygen atoms in total. The number of halogens is 3. The molecule has 0 spiro atoms. The van der Waals surface area contributed by atoms with E-state index in [1.165, 1.54) is 12.1 Å². The minimum Gasteiger partial charge on any atom is -0.352 e. The van der Waals surface area contributed by atoms with Crippen molar-refractivity contribution < 1.29 is 4.39 Å². The van der Waals surface area contributed by atoms with Gasteiger partial charge < -0.3 is 5.32 Å². The number of anilines is 2. The molecule has 0 aliphatic carbocycles. The molecule has 0 atom stereocenters. The van der Waals surface area contributed by atoms with E-state index in [0.29, 0.717) is 10.7 Å². The van der Waals surface area contributed by atoms with Gasteiger partial charge in [-0.15, -0.1) is 0 Å². The molecule has 0 amide bonds. The summed E-state index contributed by atoms with van der Waals surface area (Å²) in [6, 6.07) is 12.0. The van der Waals surface area contributed by atoms with Gasteiger partial charge in [0.05, 0.1) is 26.4 Å². The average molecular weight is 326 g/mol. The van der Waals surface area contributed by atoms with Crippen LogP contribution >= 0.6 is 27.5 Å². The maximum absolute atomic E-state index is 14.0. The van der Waals surface area contributed by atoms with E-state index in [1.54, 1.807) is 24.3 Å². The molecule has 0 aliphatic heterocycles. The Kier molecular flexibility index (Phi) is 3.85. The summed E-state index contributed by atoms with van der Waals surface area (Å²) in [5.74, 6) is -0.519. The van der Waals surface area contributed by atoms with E-state index in [-0.39, 0.29) is 15.7 Å². The highest BCUT2D eigenvalue weighted by Crippen LogP contribution is 2.31. The molecule has 18 heavy (non-hydrogen) atoms. The van der Waals surface area contributed by atoms with Gasteiger partial charge in [0.15, 0.2) is 5.82 Å². The first-order valence-corrected chi connectivity index (χ1v) is 6.20. The molecule has 2 rings (SSSR count). The van der Waals surface area contributed by atoms with Crippen LogP contribution in [0, 0.1) is 17.1 Å². The van der Waals surface area contributed by atoms with Gasteiger partial charge in [0.1, 0.15) is 6.07 Å². The number of nitrogens with one attached hydrogen (secondary N) is 1. The van der Waals surface area contributed by atoms with Crippen LogP contribution in [0.25, 0.3) is 0 Å². The van der Waals surface area contributed by atoms with E-state index in [0.717, 1.165) is 0 Å². The fraction of sp³-hybridized carbons (Fsp3) is 0. The molecule has 90 valence electrons. The van der Waals surface area contributed by atoms with Crippen molar-refractivity contribution in [2.45, 2.75) is 0 Å². The Balaban J connectivity index is 2.40. The first kappa shape index (κ1) is 12.9. The molecule has 0 unspecified atom stereocenters. The number of benzene rings is 2. The van der Waals surface area contributed by atoms with E-state index >= 15 is 0 Å². The van der Waals surface area contributed by atoms with E-state index in [9.17, 15) is 4.39 Å². The summed E-state index contributed by atoms with van der Waals surface area (Å²) < 4.78 is 14.1. The fourth-order valence-electron chi connectivity index (χ4n) is 1.44. The largest absolute Gasteiger partial charge is 0.352 e. The smallest absolute Gasteiger partial charge is 0.162 e. The number of nitriles is 1. The molecule has 0 saturated carbocycles. The first-order valence-electron chi connectivity index (χ1n) is 5.03. The van der Waals surface area contributed by atoms with Crippen molar-refractivity contribution in [1.82, 2.24) is 0 Å². The van der Waals surface area contributed by atoms with Gasteiger partial charge >= 0.3 is 0 Å². The molecule has 2 aromatic carbocycles. The zero-order valence-corrected chi connectivity index (χ0v) is 11.4. The molecular weight excluding hydrogens is 319 g/mol. The van der Waals surface area contributed by atoms with Gasteiger partial charge in [0.2, 0.25) is 0 Å². The van der Waals surface area contributed by atoms with Gasteiger partial charge in [0, 0.05) is 0 Å². The molecule has 1 N–H and O–H groups in total. The molecule has 0 radical (unpaired) electrons. The number of rotatable bonds is 2. The predicted octanol–water partition coefficient (Wildman–Crippen LogP) is 4.86. The summed E-state index contributed by atoms with van der Waals surface area (Å²) >= 11 is 9.03. The lowest BCUT2D eigenvalue weighted by atomic mass is 10.2. The number of para-hydroxylation sites is 1. The monoisotopic (exact) mass is 324 g/mol. The quantitative estimate of drug-likeness (QED) is 0.856. The maximum atomic E-state index is 14.0. The van der Waals surface area contributed by atoms with E-state index in [2.05, 4.69) is 21.2 Å². The Hall–Kier alpha value is -1.57. The van der Waals surface area contributed by atoms with Crippen LogP contribution < -0.4 is 5.32 Å². The van der Waals surface area contributed by atoms with Gasteiger partial charge in [-0.25, -0.2) is 4.39 Å².